The number of aliphatic imine (C=N–C) groups is 1. The van der Waals surface area contributed by atoms with Gasteiger partial charge in [0, 0.05) is 23.4 Å². The summed E-state index contributed by atoms with van der Waals surface area (Å²) in [6.45, 7) is 6.46. The summed E-state index contributed by atoms with van der Waals surface area (Å²) in [5.74, 6) is -0.0528. The van der Waals surface area contributed by atoms with Crippen LogP contribution >= 0.6 is 11.8 Å². The maximum atomic E-state index is 13.0. The summed E-state index contributed by atoms with van der Waals surface area (Å²) in [5.41, 5.74) is 4.79. The van der Waals surface area contributed by atoms with Crippen LogP contribution in [0, 0.1) is 13.8 Å². The first-order valence-corrected chi connectivity index (χ1v) is 14.4. The molecule has 0 spiro atoms. The Morgan fingerprint density at radius 1 is 1.09 bits per heavy atom. The van der Waals surface area contributed by atoms with Crippen LogP contribution < -0.4 is 15.0 Å². The van der Waals surface area contributed by atoms with E-state index in [9.17, 15) is 22.8 Å². The van der Waals surface area contributed by atoms with Gasteiger partial charge >= 0.3 is 12.4 Å². The fraction of sp³-hybridized carbons (Fsp3) is 0.233. The van der Waals surface area contributed by atoms with Crippen LogP contribution in [0.2, 0.25) is 0 Å². The van der Waals surface area contributed by atoms with Crippen molar-refractivity contribution in [3.63, 3.8) is 0 Å². The number of aryl methyl sites for hydroxylation is 2. The van der Waals surface area contributed by atoms with E-state index < -0.39 is 12.4 Å². The van der Waals surface area contributed by atoms with Crippen molar-refractivity contribution in [1.29, 1.82) is 0 Å². The summed E-state index contributed by atoms with van der Waals surface area (Å²) < 4.78 is 48.3. The van der Waals surface area contributed by atoms with Gasteiger partial charge in [0.25, 0.3) is 0 Å². The van der Waals surface area contributed by atoms with E-state index in [-0.39, 0.29) is 22.6 Å². The molecule has 228 valence electrons. The van der Waals surface area contributed by atoms with Gasteiger partial charge in [-0.25, -0.2) is 14.5 Å². The molecule has 0 saturated carbocycles. The predicted octanol–water partition coefficient (Wildman–Crippen LogP) is 6.65. The lowest BCUT2D eigenvalue weighted by Crippen LogP contribution is -2.31. The third-order valence-electron chi connectivity index (χ3n) is 6.46. The van der Waals surface area contributed by atoms with E-state index in [4.69, 9.17) is 4.74 Å². The maximum Gasteiger partial charge on any atom is 0.573 e. The first-order valence-electron chi connectivity index (χ1n) is 13.4. The van der Waals surface area contributed by atoms with Gasteiger partial charge in [0.1, 0.15) is 12.1 Å². The van der Waals surface area contributed by atoms with E-state index in [0.717, 1.165) is 11.1 Å². The van der Waals surface area contributed by atoms with Crippen LogP contribution in [-0.2, 0) is 16.1 Å². The largest absolute Gasteiger partial charge is 0.573 e. The number of nitrogens with zero attached hydrogens (tertiary/aromatic N) is 5. The molecule has 4 aromatic rings. The molecule has 44 heavy (non-hydrogen) atoms. The molecule has 0 unspecified atom stereocenters. The van der Waals surface area contributed by atoms with Crippen LogP contribution in [0.25, 0.3) is 17.1 Å². The lowest BCUT2D eigenvalue weighted by molar-refractivity contribution is -0.274. The molecule has 0 bridgehead atoms. The third-order valence-corrected chi connectivity index (χ3v) is 7.38. The zero-order valence-corrected chi connectivity index (χ0v) is 24.7. The minimum atomic E-state index is -4.78. The second-order valence-electron chi connectivity index (χ2n) is 9.70. The minimum Gasteiger partial charge on any atom is -0.406 e. The quantitative estimate of drug-likeness (QED) is 0.234. The molecular formula is C30H27F3N6O4S. The van der Waals surface area contributed by atoms with Crippen molar-refractivity contribution >= 4 is 40.2 Å². The van der Waals surface area contributed by atoms with Gasteiger partial charge in [-0.15, -0.1) is 18.3 Å². The number of anilines is 2. The average Bonchev–Trinajstić information content (AvgIpc) is 3.60. The Hall–Kier alpha value is -4.69. The van der Waals surface area contributed by atoms with Gasteiger partial charge in [-0.05, 0) is 80.4 Å². The van der Waals surface area contributed by atoms with Crippen molar-refractivity contribution in [1.82, 2.24) is 14.8 Å². The van der Waals surface area contributed by atoms with E-state index in [1.54, 1.807) is 25.1 Å². The fourth-order valence-electron chi connectivity index (χ4n) is 4.38. The number of amides is 3. The zero-order chi connectivity index (χ0) is 31.4. The molecule has 0 aliphatic carbocycles. The smallest absolute Gasteiger partial charge is 0.406 e. The standard InChI is InChI=1S/C30H27F3N6O4S/c1-4-42-15-21-6-5-18(2)13-25(21)39-26(40)16-44-29(39)36-28(41)35-24-12-9-22(14-19(24)3)38-17-34-27(37-38)20-7-10-23(11-8-20)43-30(31,32)33/h5-14,17H,4,15-16H2,1-3H3,(H,35,41)/b36-29-. The molecule has 10 nitrogen and oxygen atoms in total. The van der Waals surface area contributed by atoms with Crippen molar-refractivity contribution in [3.05, 3.63) is 83.7 Å². The molecule has 2 heterocycles. The number of hydrogen-bond donors (Lipinski definition) is 1. The highest BCUT2D eigenvalue weighted by atomic mass is 32.2. The Bertz CT molecular complexity index is 1720. The van der Waals surface area contributed by atoms with Crippen molar-refractivity contribution in [2.75, 3.05) is 22.6 Å². The number of urea groups is 1. The van der Waals surface area contributed by atoms with Crippen LogP contribution in [0.3, 0.4) is 0 Å². The Labute approximate surface area is 254 Å². The topological polar surface area (TPSA) is 111 Å². The van der Waals surface area contributed by atoms with Crippen molar-refractivity contribution in [2.24, 2.45) is 4.99 Å². The number of carbonyl (C=O) groups excluding carboxylic acids is 2. The molecule has 0 radical (unpaired) electrons. The summed E-state index contributed by atoms with van der Waals surface area (Å²) in [5, 5.41) is 7.47. The number of halogens is 3. The van der Waals surface area contributed by atoms with Gasteiger partial charge in [0.15, 0.2) is 11.0 Å². The van der Waals surface area contributed by atoms with Gasteiger partial charge in [0.2, 0.25) is 5.91 Å². The van der Waals surface area contributed by atoms with Gasteiger partial charge in [-0.3, -0.25) is 9.69 Å². The monoisotopic (exact) mass is 624 g/mol. The van der Waals surface area contributed by atoms with Gasteiger partial charge in [-0.2, -0.15) is 4.99 Å². The number of thioether (sulfide) groups is 1. The normalized spacial score (nSPS) is 14.4. The molecule has 3 aromatic carbocycles. The maximum absolute atomic E-state index is 13.0. The predicted molar refractivity (Wildman–Crippen MR) is 161 cm³/mol. The number of aromatic nitrogens is 3. The number of benzene rings is 3. The number of rotatable bonds is 8. The van der Waals surface area contributed by atoms with E-state index in [0.29, 0.717) is 47.2 Å². The Morgan fingerprint density at radius 2 is 1.86 bits per heavy atom. The van der Waals surface area contributed by atoms with Crippen LogP contribution in [-0.4, -0.2) is 50.6 Å². The number of amidine groups is 1. The van der Waals surface area contributed by atoms with Crippen LogP contribution in [0.15, 0.2) is 72.0 Å². The fourth-order valence-corrected chi connectivity index (χ4v) is 5.24. The molecule has 1 aromatic heterocycles. The molecule has 0 atom stereocenters. The van der Waals surface area contributed by atoms with Crippen molar-refractivity contribution in [3.8, 4) is 22.8 Å². The third kappa shape index (κ3) is 7.26. The zero-order valence-electron chi connectivity index (χ0n) is 23.9. The van der Waals surface area contributed by atoms with E-state index in [1.807, 2.05) is 32.0 Å². The molecule has 3 amide bonds. The lowest BCUT2D eigenvalue weighted by Gasteiger charge is -2.20. The highest BCUT2D eigenvalue weighted by Crippen LogP contribution is 2.32. The Kier molecular flexibility index (Phi) is 9.01. The molecular weight excluding hydrogens is 597 g/mol. The number of alkyl halides is 3. The van der Waals surface area contributed by atoms with Gasteiger partial charge in [0.05, 0.1) is 23.7 Å². The average molecular weight is 625 g/mol. The summed E-state index contributed by atoms with van der Waals surface area (Å²) in [6, 6.07) is 15.5. The molecule has 1 saturated heterocycles. The van der Waals surface area contributed by atoms with Crippen LogP contribution in [0.4, 0.5) is 29.3 Å². The number of carbonyl (C=O) groups is 2. The second kappa shape index (κ2) is 12.9. The summed E-state index contributed by atoms with van der Waals surface area (Å²) in [4.78, 5) is 35.7. The van der Waals surface area contributed by atoms with Crippen molar-refractivity contribution < 1.29 is 32.2 Å². The molecule has 1 fully saturated rings. The Morgan fingerprint density at radius 3 is 2.57 bits per heavy atom. The molecule has 14 heteroatoms. The lowest BCUT2D eigenvalue weighted by atomic mass is 10.1. The van der Waals surface area contributed by atoms with Crippen molar-refractivity contribution in [2.45, 2.75) is 33.7 Å². The van der Waals surface area contributed by atoms with E-state index in [2.05, 4.69) is 25.1 Å². The molecule has 1 aliphatic heterocycles. The number of nitrogens with one attached hydrogen (secondary N) is 1. The summed E-state index contributed by atoms with van der Waals surface area (Å²) in [6.07, 6.45) is -3.30. The molecule has 5 rings (SSSR count). The summed E-state index contributed by atoms with van der Waals surface area (Å²) in [7, 11) is 0. The number of hydrogen-bond acceptors (Lipinski definition) is 7. The van der Waals surface area contributed by atoms with E-state index >= 15 is 0 Å². The number of ether oxygens (including phenoxy) is 2. The van der Waals surface area contributed by atoms with E-state index in [1.165, 1.54) is 51.9 Å². The molecule has 1 aliphatic rings. The molecule has 1 N–H and O–H groups in total. The van der Waals surface area contributed by atoms with Gasteiger partial charge in [-0.1, -0.05) is 23.9 Å². The minimum absolute atomic E-state index is 0.160. The second-order valence-corrected chi connectivity index (χ2v) is 10.6. The highest BCUT2D eigenvalue weighted by molar-refractivity contribution is 8.15. The van der Waals surface area contributed by atoms with Crippen LogP contribution in [0.5, 0.6) is 5.75 Å². The first-order chi connectivity index (χ1) is 21.0. The SMILES string of the molecule is CCOCc1ccc(C)cc1N1C(=O)CS/C1=N\C(=O)Nc1ccc(-n2cnc(-c3ccc(OC(F)(F)F)cc3)n2)cc1C. The van der Waals surface area contributed by atoms with Crippen LogP contribution in [0.1, 0.15) is 23.6 Å². The Balaban J connectivity index is 1.30. The van der Waals surface area contributed by atoms with Gasteiger partial charge < -0.3 is 14.8 Å². The summed E-state index contributed by atoms with van der Waals surface area (Å²) >= 11 is 1.19. The first kappa shape index (κ1) is 30.8. The highest BCUT2D eigenvalue weighted by Gasteiger charge is 2.32.